The quantitative estimate of drug-likeness (QED) is 0.622. The number of alkyl halides is 1. The third kappa shape index (κ3) is 2.96. The second-order valence-corrected chi connectivity index (χ2v) is 6.45. The Bertz CT molecular complexity index is 353. The molecule has 1 spiro atoms. The average molecular weight is 331 g/mol. The Kier molecular flexibility index (Phi) is 4.87. The van der Waals surface area contributed by atoms with Crippen LogP contribution in [0, 0.1) is 5.92 Å². The van der Waals surface area contributed by atoms with Crippen LogP contribution in [0.4, 0.5) is 4.79 Å². The number of nitrogens with zero attached hydrogens (tertiary/aromatic N) is 1. The van der Waals surface area contributed by atoms with E-state index in [0.717, 1.165) is 43.9 Å². The standard InChI is InChI=1S/C14H23BrN2O2/c1-2-6-11(9-15)10-17-12(18)14(16-13(17)19)7-4-3-5-8-14/h11H,2-10H2,1H3,(H,16,19). The molecule has 1 atom stereocenters. The Morgan fingerprint density at radius 1 is 1.32 bits per heavy atom. The lowest BCUT2D eigenvalue weighted by molar-refractivity contribution is -0.132. The lowest BCUT2D eigenvalue weighted by Crippen LogP contribution is -2.48. The van der Waals surface area contributed by atoms with Gasteiger partial charge in [0.05, 0.1) is 0 Å². The fraction of sp³-hybridized carbons (Fsp3) is 0.857. The number of nitrogens with one attached hydrogen (secondary N) is 1. The zero-order valence-electron chi connectivity index (χ0n) is 11.6. The minimum Gasteiger partial charge on any atom is -0.323 e. The van der Waals surface area contributed by atoms with Crippen molar-refractivity contribution < 1.29 is 9.59 Å². The normalized spacial score (nSPS) is 23.8. The summed E-state index contributed by atoms with van der Waals surface area (Å²) in [4.78, 5) is 26.1. The van der Waals surface area contributed by atoms with Gasteiger partial charge in [-0.3, -0.25) is 9.69 Å². The molecule has 1 aliphatic carbocycles. The molecule has 0 aromatic carbocycles. The van der Waals surface area contributed by atoms with Gasteiger partial charge in [0.25, 0.3) is 5.91 Å². The van der Waals surface area contributed by atoms with Crippen LogP contribution >= 0.6 is 15.9 Å². The molecular formula is C14H23BrN2O2. The van der Waals surface area contributed by atoms with Gasteiger partial charge in [0.2, 0.25) is 0 Å². The largest absolute Gasteiger partial charge is 0.325 e. The van der Waals surface area contributed by atoms with Crippen molar-refractivity contribution in [2.24, 2.45) is 5.92 Å². The van der Waals surface area contributed by atoms with Gasteiger partial charge in [0.15, 0.2) is 0 Å². The van der Waals surface area contributed by atoms with Gasteiger partial charge < -0.3 is 5.32 Å². The third-order valence-corrected chi connectivity index (χ3v) is 5.22. The van der Waals surface area contributed by atoms with Crippen LogP contribution < -0.4 is 5.32 Å². The Hall–Kier alpha value is -0.580. The second kappa shape index (κ2) is 6.25. The molecule has 108 valence electrons. The molecule has 5 heteroatoms. The summed E-state index contributed by atoms with van der Waals surface area (Å²) in [6.07, 6.45) is 6.97. The van der Waals surface area contributed by atoms with Gasteiger partial charge >= 0.3 is 6.03 Å². The van der Waals surface area contributed by atoms with E-state index in [-0.39, 0.29) is 11.9 Å². The summed E-state index contributed by atoms with van der Waals surface area (Å²) in [5.41, 5.74) is -0.571. The van der Waals surface area contributed by atoms with E-state index in [0.29, 0.717) is 12.5 Å². The number of urea groups is 1. The highest BCUT2D eigenvalue weighted by atomic mass is 79.9. The van der Waals surface area contributed by atoms with Crippen LogP contribution in [0.3, 0.4) is 0 Å². The summed E-state index contributed by atoms with van der Waals surface area (Å²) in [6.45, 7) is 2.68. The van der Waals surface area contributed by atoms with Gasteiger partial charge in [0.1, 0.15) is 5.54 Å². The molecule has 1 heterocycles. The van der Waals surface area contributed by atoms with Crippen LogP contribution in [-0.4, -0.2) is 34.3 Å². The highest BCUT2D eigenvalue weighted by Gasteiger charge is 2.51. The fourth-order valence-corrected chi connectivity index (χ4v) is 3.75. The highest BCUT2D eigenvalue weighted by molar-refractivity contribution is 9.09. The smallest absolute Gasteiger partial charge is 0.323 e. The first-order valence-corrected chi connectivity index (χ1v) is 8.45. The van der Waals surface area contributed by atoms with Gasteiger partial charge in [-0.1, -0.05) is 48.5 Å². The van der Waals surface area contributed by atoms with Gasteiger partial charge in [-0.15, -0.1) is 0 Å². The molecule has 0 aromatic heterocycles. The van der Waals surface area contributed by atoms with Crippen molar-refractivity contribution >= 4 is 27.9 Å². The molecule has 1 N–H and O–H groups in total. The van der Waals surface area contributed by atoms with E-state index in [1.165, 1.54) is 11.3 Å². The summed E-state index contributed by atoms with van der Waals surface area (Å²) < 4.78 is 0. The van der Waals surface area contributed by atoms with Crippen LogP contribution in [0.5, 0.6) is 0 Å². The topological polar surface area (TPSA) is 49.4 Å². The molecular weight excluding hydrogens is 308 g/mol. The molecule has 4 nitrogen and oxygen atoms in total. The second-order valence-electron chi connectivity index (χ2n) is 5.80. The summed E-state index contributed by atoms with van der Waals surface area (Å²) >= 11 is 3.48. The number of hydrogen-bond donors (Lipinski definition) is 1. The number of hydrogen-bond acceptors (Lipinski definition) is 2. The molecule has 1 unspecified atom stereocenters. The predicted molar refractivity (Wildman–Crippen MR) is 78.3 cm³/mol. The van der Waals surface area contributed by atoms with Crippen molar-refractivity contribution in [1.82, 2.24) is 10.2 Å². The van der Waals surface area contributed by atoms with Crippen molar-refractivity contribution in [1.29, 1.82) is 0 Å². The van der Waals surface area contributed by atoms with Crippen molar-refractivity contribution in [3.63, 3.8) is 0 Å². The SMILES string of the molecule is CCCC(CBr)CN1C(=O)NC2(CCCCC2)C1=O. The number of halogens is 1. The highest BCUT2D eigenvalue weighted by Crippen LogP contribution is 2.34. The Morgan fingerprint density at radius 2 is 2.00 bits per heavy atom. The van der Waals surface area contributed by atoms with Crippen LogP contribution in [0.25, 0.3) is 0 Å². The Labute approximate surface area is 123 Å². The summed E-state index contributed by atoms with van der Waals surface area (Å²) in [6, 6.07) is -0.186. The van der Waals surface area contributed by atoms with Gasteiger partial charge in [-0.2, -0.15) is 0 Å². The molecule has 0 bridgehead atoms. The summed E-state index contributed by atoms with van der Waals surface area (Å²) in [7, 11) is 0. The van der Waals surface area contributed by atoms with E-state index >= 15 is 0 Å². The zero-order chi connectivity index (χ0) is 13.9. The first kappa shape index (κ1) is 14.8. The molecule has 1 aliphatic heterocycles. The van der Waals surface area contributed by atoms with E-state index in [2.05, 4.69) is 28.2 Å². The number of carbonyl (C=O) groups excluding carboxylic acids is 2. The van der Waals surface area contributed by atoms with Crippen molar-refractivity contribution in [2.45, 2.75) is 57.4 Å². The van der Waals surface area contributed by atoms with Crippen molar-refractivity contribution in [3.05, 3.63) is 0 Å². The number of rotatable bonds is 5. The van der Waals surface area contributed by atoms with Crippen LogP contribution in [0.1, 0.15) is 51.9 Å². The van der Waals surface area contributed by atoms with E-state index in [1.807, 2.05) is 0 Å². The van der Waals surface area contributed by atoms with Gasteiger partial charge in [-0.05, 0) is 25.2 Å². The fourth-order valence-electron chi connectivity index (χ4n) is 3.22. The van der Waals surface area contributed by atoms with Crippen molar-refractivity contribution in [3.8, 4) is 0 Å². The molecule has 0 radical (unpaired) electrons. The van der Waals surface area contributed by atoms with E-state index < -0.39 is 5.54 Å². The maximum absolute atomic E-state index is 12.6. The first-order chi connectivity index (χ1) is 9.13. The first-order valence-electron chi connectivity index (χ1n) is 7.33. The molecule has 19 heavy (non-hydrogen) atoms. The van der Waals surface area contributed by atoms with Crippen molar-refractivity contribution in [2.75, 3.05) is 11.9 Å². The van der Waals surface area contributed by atoms with Crippen LogP contribution in [0.15, 0.2) is 0 Å². The minimum absolute atomic E-state index is 0.0132. The lowest BCUT2D eigenvalue weighted by atomic mass is 9.81. The summed E-state index contributed by atoms with van der Waals surface area (Å²) in [5.74, 6) is 0.373. The maximum atomic E-state index is 12.6. The van der Waals surface area contributed by atoms with E-state index in [1.54, 1.807) is 0 Å². The maximum Gasteiger partial charge on any atom is 0.325 e. The lowest BCUT2D eigenvalue weighted by Gasteiger charge is -2.30. The van der Waals surface area contributed by atoms with E-state index in [4.69, 9.17) is 0 Å². The molecule has 3 amide bonds. The molecule has 0 aromatic rings. The number of carbonyl (C=O) groups is 2. The zero-order valence-corrected chi connectivity index (χ0v) is 13.2. The monoisotopic (exact) mass is 330 g/mol. The Morgan fingerprint density at radius 3 is 2.58 bits per heavy atom. The Balaban J connectivity index is 2.05. The predicted octanol–water partition coefficient (Wildman–Crippen LogP) is 3.05. The molecule has 2 aliphatic rings. The molecule has 2 fully saturated rings. The molecule has 1 saturated heterocycles. The molecule has 2 rings (SSSR count). The summed E-state index contributed by atoms with van der Waals surface area (Å²) in [5, 5.41) is 3.80. The van der Waals surface area contributed by atoms with Gasteiger partial charge in [-0.25, -0.2) is 4.79 Å². The third-order valence-electron chi connectivity index (χ3n) is 4.31. The minimum atomic E-state index is -0.571. The van der Waals surface area contributed by atoms with Crippen LogP contribution in [0.2, 0.25) is 0 Å². The van der Waals surface area contributed by atoms with E-state index in [9.17, 15) is 9.59 Å². The van der Waals surface area contributed by atoms with Gasteiger partial charge in [0, 0.05) is 11.9 Å². The number of imide groups is 1. The molecule has 1 saturated carbocycles. The average Bonchev–Trinajstić information content (AvgIpc) is 2.63. The van der Waals surface area contributed by atoms with Crippen LogP contribution in [-0.2, 0) is 4.79 Å². The number of amides is 3.